The van der Waals surface area contributed by atoms with Crippen molar-refractivity contribution in [2.45, 2.75) is 6.42 Å². The van der Waals surface area contributed by atoms with Crippen molar-refractivity contribution >= 4 is 47.5 Å². The second-order valence-electron chi connectivity index (χ2n) is 5.32. The number of carbonyl (C=O) groups excluding carboxylic acids is 1. The van der Waals surface area contributed by atoms with Gasteiger partial charge in [0, 0.05) is 60.2 Å². The van der Waals surface area contributed by atoms with Gasteiger partial charge >= 0.3 is 0 Å². The Morgan fingerprint density at radius 3 is 2.40 bits per heavy atom. The second-order valence-corrected chi connectivity index (χ2v) is 6.66. The Kier molecular flexibility index (Phi) is 7.16. The van der Waals surface area contributed by atoms with E-state index >= 15 is 0 Å². The van der Waals surface area contributed by atoms with E-state index in [1.165, 1.54) is 11.8 Å². The summed E-state index contributed by atoms with van der Waals surface area (Å²) in [7, 11) is 3.77. The smallest absolute Gasteiger partial charge is 0.224 e. The van der Waals surface area contributed by atoms with E-state index in [9.17, 15) is 4.79 Å². The number of hydrogen-bond donors (Lipinski definition) is 0. The number of aliphatic imine (C=N–C) groups is 1. The molecule has 0 unspecified atom stereocenters. The highest BCUT2D eigenvalue weighted by Gasteiger charge is 2.08. The molecule has 2 aromatic rings. The van der Waals surface area contributed by atoms with Crippen molar-refractivity contribution in [1.82, 2.24) is 9.97 Å². The van der Waals surface area contributed by atoms with Crippen molar-refractivity contribution in [1.29, 1.82) is 0 Å². The normalized spacial score (nSPS) is 12.2. The zero-order chi connectivity index (χ0) is 18.2. The van der Waals surface area contributed by atoms with Crippen LogP contribution in [-0.4, -0.2) is 42.8 Å². The molecule has 0 fully saturated rings. The predicted molar refractivity (Wildman–Crippen MR) is 107 cm³/mol. The minimum absolute atomic E-state index is 0.312. The summed E-state index contributed by atoms with van der Waals surface area (Å²) >= 11 is 7.47. The Morgan fingerprint density at radius 1 is 1.24 bits per heavy atom. The molecule has 1 aromatic carbocycles. The van der Waals surface area contributed by atoms with Crippen LogP contribution in [-0.2, 0) is 4.79 Å². The first-order chi connectivity index (χ1) is 12.0. The van der Waals surface area contributed by atoms with Gasteiger partial charge in [-0.1, -0.05) is 23.7 Å². The van der Waals surface area contributed by atoms with Gasteiger partial charge in [-0.05, 0) is 18.4 Å². The molecule has 0 amide bonds. The Balaban J connectivity index is 2.38. The Bertz CT molecular complexity index is 771. The Morgan fingerprint density at radius 2 is 1.88 bits per heavy atom. The van der Waals surface area contributed by atoms with Crippen LogP contribution < -0.4 is 4.90 Å². The van der Waals surface area contributed by atoms with Gasteiger partial charge in [0.1, 0.15) is 6.29 Å². The van der Waals surface area contributed by atoms with Gasteiger partial charge in [0.2, 0.25) is 5.95 Å². The second kappa shape index (κ2) is 9.34. The van der Waals surface area contributed by atoms with E-state index in [2.05, 4.69) is 15.0 Å². The molecule has 1 heterocycles. The molecule has 0 radical (unpaired) electrons. The molecule has 1 aromatic heterocycles. The average Bonchev–Trinajstić information content (AvgIpc) is 2.62. The molecule has 130 valence electrons. The fourth-order valence-corrected chi connectivity index (χ4v) is 2.76. The van der Waals surface area contributed by atoms with Crippen LogP contribution in [0.4, 0.5) is 5.95 Å². The molecule has 0 aliphatic rings. The van der Waals surface area contributed by atoms with Gasteiger partial charge in [-0.25, -0.2) is 9.97 Å². The van der Waals surface area contributed by atoms with Crippen LogP contribution in [0.25, 0.3) is 5.70 Å². The highest BCUT2D eigenvalue weighted by atomic mass is 35.5. The summed E-state index contributed by atoms with van der Waals surface area (Å²) < 4.78 is 0. The first kappa shape index (κ1) is 19.1. The van der Waals surface area contributed by atoms with E-state index in [1.807, 2.05) is 37.4 Å². The van der Waals surface area contributed by atoms with Crippen molar-refractivity contribution in [3.8, 4) is 0 Å². The minimum Gasteiger partial charge on any atom is -0.347 e. The molecule has 2 rings (SSSR count). The van der Waals surface area contributed by atoms with Crippen LogP contribution >= 0.6 is 23.4 Å². The van der Waals surface area contributed by atoms with Gasteiger partial charge in [0.15, 0.2) is 0 Å². The predicted octanol–water partition coefficient (Wildman–Crippen LogP) is 3.94. The van der Waals surface area contributed by atoms with Crippen LogP contribution in [0.5, 0.6) is 0 Å². The maximum atomic E-state index is 11.0. The average molecular weight is 375 g/mol. The van der Waals surface area contributed by atoms with Gasteiger partial charge < -0.3 is 9.69 Å². The van der Waals surface area contributed by atoms with Crippen LogP contribution in [0, 0.1) is 0 Å². The molecule has 0 atom stereocenters. The number of rotatable bonds is 7. The molecule has 25 heavy (non-hydrogen) atoms. The maximum Gasteiger partial charge on any atom is 0.224 e. The lowest BCUT2D eigenvalue weighted by Gasteiger charge is -2.09. The van der Waals surface area contributed by atoms with Crippen LogP contribution in [0.15, 0.2) is 46.6 Å². The highest BCUT2D eigenvalue weighted by molar-refractivity contribution is 8.02. The monoisotopic (exact) mass is 374 g/mol. The summed E-state index contributed by atoms with van der Waals surface area (Å²) in [6, 6.07) is 7.39. The quantitative estimate of drug-likeness (QED) is 0.542. The lowest BCUT2D eigenvalue weighted by Crippen LogP contribution is -2.12. The lowest BCUT2D eigenvalue weighted by molar-refractivity contribution is -0.107. The summed E-state index contributed by atoms with van der Waals surface area (Å²) in [4.78, 5) is 26.8. The van der Waals surface area contributed by atoms with Gasteiger partial charge in [-0.2, -0.15) is 0 Å². The van der Waals surface area contributed by atoms with E-state index in [0.717, 1.165) is 28.0 Å². The lowest BCUT2D eigenvalue weighted by atomic mass is 10.1. The topological polar surface area (TPSA) is 58.5 Å². The van der Waals surface area contributed by atoms with Gasteiger partial charge in [-0.15, -0.1) is 11.8 Å². The molecule has 0 aliphatic carbocycles. The SMILES string of the molecule is CS/C(CC=O)=C(\N=Cc1cnc(N(C)C)nc1)c1ccc(Cl)cc1. The Hall–Kier alpha value is -2.18. The number of halogens is 1. The van der Waals surface area contributed by atoms with Crippen molar-refractivity contribution in [3.63, 3.8) is 0 Å². The summed E-state index contributed by atoms with van der Waals surface area (Å²) in [5.41, 5.74) is 2.43. The molecule has 0 spiro atoms. The number of thioether (sulfide) groups is 1. The van der Waals surface area contributed by atoms with Crippen molar-refractivity contribution in [2.24, 2.45) is 4.99 Å². The molecule has 0 saturated heterocycles. The summed E-state index contributed by atoms with van der Waals surface area (Å²) in [5.74, 6) is 0.636. The van der Waals surface area contributed by atoms with Crippen molar-refractivity contribution in [3.05, 3.63) is 57.7 Å². The third-order valence-corrected chi connectivity index (χ3v) is 4.40. The van der Waals surface area contributed by atoms with Crippen LogP contribution in [0.1, 0.15) is 17.5 Å². The third-order valence-electron chi connectivity index (χ3n) is 3.30. The molecule has 5 nitrogen and oxygen atoms in total. The first-order valence-corrected chi connectivity index (χ1v) is 9.15. The Labute approximate surface area is 156 Å². The number of aldehydes is 1. The first-order valence-electron chi connectivity index (χ1n) is 7.55. The zero-order valence-electron chi connectivity index (χ0n) is 14.3. The number of nitrogens with zero attached hydrogens (tertiary/aromatic N) is 4. The van der Waals surface area contributed by atoms with E-state index in [-0.39, 0.29) is 0 Å². The highest BCUT2D eigenvalue weighted by Crippen LogP contribution is 2.29. The number of allylic oxidation sites excluding steroid dienone is 1. The van der Waals surface area contributed by atoms with E-state index in [1.54, 1.807) is 30.7 Å². The summed E-state index contributed by atoms with van der Waals surface area (Å²) in [6.45, 7) is 0. The van der Waals surface area contributed by atoms with Gasteiger partial charge in [0.25, 0.3) is 0 Å². The summed E-state index contributed by atoms with van der Waals surface area (Å²) in [5, 5.41) is 0.654. The molecular formula is C18H19ClN4OS. The largest absolute Gasteiger partial charge is 0.347 e. The number of hydrogen-bond acceptors (Lipinski definition) is 6. The van der Waals surface area contributed by atoms with Crippen LogP contribution in [0.3, 0.4) is 0 Å². The maximum absolute atomic E-state index is 11.0. The van der Waals surface area contributed by atoms with Crippen molar-refractivity contribution < 1.29 is 4.79 Å². The fraction of sp³-hybridized carbons (Fsp3) is 0.222. The molecule has 0 aliphatic heterocycles. The van der Waals surface area contributed by atoms with Gasteiger partial charge in [0.05, 0.1) is 5.70 Å². The number of carbonyl (C=O) groups is 1. The molecule has 0 N–H and O–H groups in total. The van der Waals surface area contributed by atoms with E-state index in [0.29, 0.717) is 17.4 Å². The van der Waals surface area contributed by atoms with Crippen molar-refractivity contribution in [2.75, 3.05) is 25.3 Å². The standard InChI is InChI=1S/C18H19ClN4OS/c1-23(2)18-21-11-13(12-22-18)10-20-17(16(25-3)8-9-24)14-4-6-15(19)7-5-14/h4-7,9-12H,8H2,1-3H3/b17-16-,20-10?. The molecule has 0 bridgehead atoms. The van der Waals surface area contributed by atoms with E-state index < -0.39 is 0 Å². The van der Waals surface area contributed by atoms with Gasteiger partial charge in [-0.3, -0.25) is 4.99 Å². The number of benzene rings is 1. The van der Waals surface area contributed by atoms with E-state index in [4.69, 9.17) is 11.6 Å². The molecule has 0 saturated carbocycles. The molecular weight excluding hydrogens is 356 g/mol. The third kappa shape index (κ3) is 5.41. The fourth-order valence-electron chi connectivity index (χ4n) is 2.04. The number of aromatic nitrogens is 2. The summed E-state index contributed by atoms with van der Waals surface area (Å²) in [6.07, 6.45) is 8.25. The minimum atomic E-state index is 0.312. The molecule has 7 heteroatoms. The zero-order valence-corrected chi connectivity index (χ0v) is 15.9. The van der Waals surface area contributed by atoms with Crippen LogP contribution in [0.2, 0.25) is 5.02 Å². The number of anilines is 1.